The Hall–Kier alpha value is -0.0500. The van der Waals surface area contributed by atoms with Crippen LogP contribution in [0, 0.1) is 0 Å². The summed E-state index contributed by atoms with van der Waals surface area (Å²) in [7, 11) is 0. The fourth-order valence-electron chi connectivity index (χ4n) is 0.163. The van der Waals surface area contributed by atoms with Gasteiger partial charge in [-0.3, -0.25) is 0 Å². The van der Waals surface area contributed by atoms with Gasteiger partial charge in [-0.15, -0.1) is 0 Å². The molecule has 0 aliphatic rings. The second-order valence-electron chi connectivity index (χ2n) is 1.27. The molecule has 0 aromatic heterocycles. The lowest BCUT2D eigenvalue weighted by Gasteiger charge is -1.91. The highest BCUT2D eigenvalue weighted by atomic mass is 35.5. The van der Waals surface area contributed by atoms with Crippen molar-refractivity contribution in [3.05, 3.63) is 11.1 Å². The van der Waals surface area contributed by atoms with E-state index < -0.39 is 0 Å². The first-order chi connectivity index (χ1) is 3.31. The molecule has 0 aromatic carbocycles. The molecule has 0 radical (unpaired) electrons. The van der Waals surface area contributed by atoms with E-state index in [1.807, 2.05) is 6.92 Å². The van der Waals surface area contributed by atoms with Crippen LogP contribution in [0.1, 0.15) is 6.92 Å². The maximum atomic E-state index is 5.23. The molecule has 0 heterocycles. The third-order valence-corrected chi connectivity index (χ3v) is 0.870. The van der Waals surface area contributed by atoms with Gasteiger partial charge in [0, 0.05) is 5.54 Å². The van der Waals surface area contributed by atoms with Gasteiger partial charge in [-0.1, -0.05) is 11.6 Å². The van der Waals surface area contributed by atoms with Crippen LogP contribution in [0.3, 0.4) is 0 Å². The Labute approximate surface area is 47.9 Å². The fraction of sp³-hybridized carbons (Fsp3) is 0.500. The van der Waals surface area contributed by atoms with E-state index in [9.17, 15) is 0 Å². The van der Waals surface area contributed by atoms with Crippen LogP contribution in [0.25, 0.3) is 0 Å². The molecule has 7 heavy (non-hydrogen) atoms. The summed E-state index contributed by atoms with van der Waals surface area (Å²) in [4.78, 5) is 4.24. The molecule has 0 amide bonds. The number of hydrogen-bond donors (Lipinski definition) is 1. The van der Waals surface area contributed by atoms with Crippen molar-refractivity contribution in [3.8, 4) is 0 Å². The summed E-state index contributed by atoms with van der Waals surface area (Å²) < 4.78 is 0. The molecular weight excluding hydrogens is 114 g/mol. The Balaban J connectivity index is 3.17. The predicted octanol–water partition coefficient (Wildman–Crippen LogP) is 1.02. The summed E-state index contributed by atoms with van der Waals surface area (Å²) in [6.07, 6.45) is 0. The summed E-state index contributed by atoms with van der Waals surface area (Å²) in [5, 5.41) is 0. The van der Waals surface area contributed by atoms with Crippen LogP contribution in [-0.4, -0.2) is 6.61 Å². The molecule has 2 nitrogen and oxygen atoms in total. The Morgan fingerprint density at radius 2 is 2.57 bits per heavy atom. The minimum absolute atomic E-state index is 0.406. The van der Waals surface area contributed by atoms with E-state index >= 15 is 0 Å². The summed E-state index contributed by atoms with van der Waals surface area (Å²) in [6.45, 7) is 2.24. The summed E-state index contributed by atoms with van der Waals surface area (Å²) in [6, 6.07) is 0. The lowest BCUT2D eigenvalue weighted by molar-refractivity contribution is 0.161. The number of halogens is 1. The number of hydrogen-bond acceptors (Lipinski definition) is 2. The van der Waals surface area contributed by atoms with Gasteiger partial charge in [0.15, 0.2) is 0 Å². The average Bonchev–Trinajstić information content (AvgIpc) is 1.68. The molecule has 0 saturated carbocycles. The van der Waals surface area contributed by atoms with E-state index in [1.165, 1.54) is 5.54 Å². The molecule has 0 bridgehead atoms. The zero-order chi connectivity index (χ0) is 5.70. The van der Waals surface area contributed by atoms with Gasteiger partial charge in [-0.05, 0) is 12.5 Å². The molecule has 0 atom stereocenters. The predicted molar refractivity (Wildman–Crippen MR) is 29.7 cm³/mol. The van der Waals surface area contributed by atoms with Crippen LogP contribution < -0.4 is 5.90 Å². The molecular formula is C4H8ClNO. The largest absolute Gasteiger partial charge is 0.300 e. The first-order valence-corrected chi connectivity index (χ1v) is 2.32. The van der Waals surface area contributed by atoms with E-state index in [4.69, 9.17) is 17.5 Å². The maximum absolute atomic E-state index is 5.23. The fourth-order valence-corrected chi connectivity index (χ4v) is 0.226. The van der Waals surface area contributed by atoms with E-state index in [0.717, 1.165) is 5.57 Å². The van der Waals surface area contributed by atoms with Crippen molar-refractivity contribution < 1.29 is 4.84 Å². The highest BCUT2D eigenvalue weighted by Crippen LogP contribution is 1.92. The Kier molecular flexibility index (Phi) is 4.09. The van der Waals surface area contributed by atoms with Crippen LogP contribution in [0.4, 0.5) is 0 Å². The van der Waals surface area contributed by atoms with Crippen LogP contribution in [-0.2, 0) is 4.84 Å². The van der Waals surface area contributed by atoms with Gasteiger partial charge >= 0.3 is 0 Å². The van der Waals surface area contributed by atoms with Gasteiger partial charge in [-0.25, -0.2) is 5.90 Å². The molecule has 0 aliphatic carbocycles. The first-order valence-electron chi connectivity index (χ1n) is 1.88. The zero-order valence-electron chi connectivity index (χ0n) is 4.15. The molecule has 2 N–H and O–H groups in total. The lowest BCUT2D eigenvalue weighted by Crippen LogP contribution is -2.00. The molecule has 0 rings (SSSR count). The van der Waals surface area contributed by atoms with Gasteiger partial charge in [0.1, 0.15) is 0 Å². The van der Waals surface area contributed by atoms with Gasteiger partial charge in [-0.2, -0.15) is 0 Å². The van der Waals surface area contributed by atoms with Crippen LogP contribution >= 0.6 is 11.6 Å². The minimum Gasteiger partial charge on any atom is -0.300 e. The van der Waals surface area contributed by atoms with Crippen LogP contribution in [0.2, 0.25) is 0 Å². The summed E-state index contributed by atoms with van der Waals surface area (Å²) in [5.74, 6) is 4.71. The van der Waals surface area contributed by atoms with Crippen LogP contribution in [0.5, 0.6) is 0 Å². The molecule has 0 fully saturated rings. The molecule has 0 unspecified atom stereocenters. The van der Waals surface area contributed by atoms with Crippen molar-refractivity contribution in [1.82, 2.24) is 0 Å². The number of rotatable bonds is 2. The summed E-state index contributed by atoms with van der Waals surface area (Å²) in [5.41, 5.74) is 2.36. The summed E-state index contributed by atoms with van der Waals surface area (Å²) >= 11 is 5.23. The molecule has 42 valence electrons. The molecule has 0 aromatic rings. The van der Waals surface area contributed by atoms with Gasteiger partial charge in [0.25, 0.3) is 0 Å². The SMILES string of the molecule is C/C(=C/Cl)CON. The van der Waals surface area contributed by atoms with Crippen molar-refractivity contribution in [1.29, 1.82) is 0 Å². The van der Waals surface area contributed by atoms with E-state index in [0.29, 0.717) is 6.61 Å². The van der Waals surface area contributed by atoms with Crippen molar-refractivity contribution in [3.63, 3.8) is 0 Å². The molecule has 0 saturated heterocycles. The first kappa shape index (κ1) is 6.95. The second kappa shape index (κ2) is 4.12. The molecule has 3 heteroatoms. The van der Waals surface area contributed by atoms with Crippen molar-refractivity contribution in [2.45, 2.75) is 6.92 Å². The average molecular weight is 122 g/mol. The monoisotopic (exact) mass is 121 g/mol. The van der Waals surface area contributed by atoms with Crippen LogP contribution in [0.15, 0.2) is 11.1 Å². The maximum Gasteiger partial charge on any atom is 0.0898 e. The van der Waals surface area contributed by atoms with Gasteiger partial charge in [0.05, 0.1) is 6.61 Å². The Bertz CT molecular complexity index is 72.1. The topological polar surface area (TPSA) is 35.2 Å². The Morgan fingerprint density at radius 3 is 2.71 bits per heavy atom. The third kappa shape index (κ3) is 3.79. The highest BCUT2D eigenvalue weighted by Gasteiger charge is 1.81. The van der Waals surface area contributed by atoms with E-state index in [1.54, 1.807) is 0 Å². The standard InChI is InChI=1S/C4H8ClNO/c1-4(2-5)3-7-6/h2H,3,6H2,1H3/b4-2-. The third-order valence-electron chi connectivity index (χ3n) is 0.497. The Morgan fingerprint density at radius 1 is 2.00 bits per heavy atom. The second-order valence-corrected chi connectivity index (χ2v) is 1.48. The normalized spacial score (nSPS) is 12.1. The van der Waals surface area contributed by atoms with E-state index in [-0.39, 0.29) is 0 Å². The molecule has 0 spiro atoms. The van der Waals surface area contributed by atoms with Crippen molar-refractivity contribution in [2.75, 3.05) is 6.61 Å². The van der Waals surface area contributed by atoms with Crippen molar-refractivity contribution >= 4 is 11.6 Å². The lowest BCUT2D eigenvalue weighted by atomic mass is 10.4. The zero-order valence-corrected chi connectivity index (χ0v) is 4.90. The molecule has 0 aliphatic heterocycles. The smallest absolute Gasteiger partial charge is 0.0898 e. The van der Waals surface area contributed by atoms with Crippen molar-refractivity contribution in [2.24, 2.45) is 5.90 Å². The highest BCUT2D eigenvalue weighted by molar-refractivity contribution is 6.25. The van der Waals surface area contributed by atoms with E-state index in [2.05, 4.69) is 4.84 Å². The number of nitrogens with two attached hydrogens (primary N) is 1. The minimum atomic E-state index is 0.406. The van der Waals surface area contributed by atoms with Gasteiger partial charge < -0.3 is 4.84 Å². The van der Waals surface area contributed by atoms with Gasteiger partial charge in [0.2, 0.25) is 0 Å². The quantitative estimate of drug-likeness (QED) is 0.554.